The van der Waals surface area contributed by atoms with Gasteiger partial charge in [-0.15, -0.1) is 0 Å². The van der Waals surface area contributed by atoms with E-state index in [-0.39, 0.29) is 5.75 Å². The van der Waals surface area contributed by atoms with E-state index < -0.39 is 6.61 Å². The maximum absolute atomic E-state index is 12.2. The van der Waals surface area contributed by atoms with Gasteiger partial charge in [-0.05, 0) is 92.9 Å². The molecule has 0 heterocycles. The molecule has 0 bridgehead atoms. The average Bonchev–Trinajstić information content (AvgIpc) is 2.72. The van der Waals surface area contributed by atoms with E-state index in [1.165, 1.54) is 37.7 Å². The van der Waals surface area contributed by atoms with Crippen LogP contribution in [0.4, 0.5) is 8.78 Å². The van der Waals surface area contributed by atoms with Crippen molar-refractivity contribution in [2.45, 2.75) is 77.2 Å². The number of hydrogen-bond donors (Lipinski definition) is 0. The van der Waals surface area contributed by atoms with Crippen LogP contribution in [0.3, 0.4) is 0 Å². The third-order valence-corrected chi connectivity index (χ3v) is 6.51. The SMILES string of the molecule is CC[C@H]1CC[C@H](C=CC#C[C@H]2CC[C@H](c3ccc(OC(F)F)cc3)CC2)CC1. The molecule has 0 radical (unpaired) electrons. The van der Waals surface area contributed by atoms with Crippen LogP contribution in [0.5, 0.6) is 5.75 Å². The zero-order valence-electron chi connectivity index (χ0n) is 16.9. The van der Waals surface area contributed by atoms with Crippen LogP contribution in [0.25, 0.3) is 0 Å². The summed E-state index contributed by atoms with van der Waals surface area (Å²) in [6.07, 6.45) is 15.6. The first-order chi connectivity index (χ1) is 13.6. The van der Waals surface area contributed by atoms with Gasteiger partial charge in [0.25, 0.3) is 0 Å². The Morgan fingerprint density at radius 1 is 1.00 bits per heavy atom. The summed E-state index contributed by atoms with van der Waals surface area (Å²) in [7, 11) is 0. The molecule has 0 aromatic heterocycles. The lowest BCUT2D eigenvalue weighted by atomic mass is 9.79. The summed E-state index contributed by atoms with van der Waals surface area (Å²) >= 11 is 0. The molecule has 152 valence electrons. The molecule has 2 fully saturated rings. The molecule has 1 aromatic rings. The molecular weight excluding hydrogens is 354 g/mol. The quantitative estimate of drug-likeness (QED) is 0.481. The van der Waals surface area contributed by atoms with E-state index in [4.69, 9.17) is 0 Å². The zero-order valence-corrected chi connectivity index (χ0v) is 16.9. The number of halogens is 2. The monoisotopic (exact) mass is 386 g/mol. The largest absolute Gasteiger partial charge is 0.435 e. The first-order valence-electron chi connectivity index (χ1n) is 10.9. The Bertz CT molecular complexity index is 667. The van der Waals surface area contributed by atoms with Gasteiger partial charge in [-0.3, -0.25) is 0 Å². The van der Waals surface area contributed by atoms with Crippen molar-refractivity contribution in [3.05, 3.63) is 42.0 Å². The minimum Gasteiger partial charge on any atom is -0.435 e. The summed E-state index contributed by atoms with van der Waals surface area (Å²) in [5.74, 6) is 9.62. The standard InChI is InChI=1S/C25H32F2O/c1-2-19-7-9-20(10-8-19)5-3-4-6-21-11-13-22(14-12-21)23-15-17-24(18-16-23)28-25(26)27/h3,5,15-22,25H,2,7-14H2,1H3/t19-,20-,21-,22-. The van der Waals surface area contributed by atoms with Gasteiger partial charge in [-0.2, -0.15) is 8.78 Å². The highest BCUT2D eigenvalue weighted by Gasteiger charge is 2.21. The van der Waals surface area contributed by atoms with Gasteiger partial charge in [0, 0.05) is 5.92 Å². The molecule has 3 rings (SSSR count). The molecule has 0 spiro atoms. The Morgan fingerprint density at radius 2 is 1.68 bits per heavy atom. The van der Waals surface area contributed by atoms with Crippen LogP contribution < -0.4 is 4.74 Å². The van der Waals surface area contributed by atoms with Gasteiger partial charge in [-0.25, -0.2) is 0 Å². The highest BCUT2D eigenvalue weighted by Crippen LogP contribution is 2.36. The second-order valence-corrected chi connectivity index (χ2v) is 8.33. The number of ether oxygens (including phenoxy) is 1. The highest BCUT2D eigenvalue weighted by molar-refractivity contribution is 5.30. The third kappa shape index (κ3) is 6.36. The number of benzene rings is 1. The Balaban J connectivity index is 1.41. The molecule has 28 heavy (non-hydrogen) atoms. The van der Waals surface area contributed by atoms with E-state index >= 15 is 0 Å². The van der Waals surface area contributed by atoms with Crippen LogP contribution >= 0.6 is 0 Å². The average molecular weight is 387 g/mol. The molecular formula is C25H32F2O. The smallest absolute Gasteiger partial charge is 0.387 e. The second kappa shape index (κ2) is 10.6. The van der Waals surface area contributed by atoms with E-state index in [9.17, 15) is 8.78 Å². The van der Waals surface area contributed by atoms with Crippen molar-refractivity contribution in [3.8, 4) is 17.6 Å². The Labute approximate surface area is 168 Å². The molecule has 0 unspecified atom stereocenters. The van der Waals surface area contributed by atoms with E-state index in [0.717, 1.165) is 37.5 Å². The predicted molar refractivity (Wildman–Crippen MR) is 110 cm³/mol. The fourth-order valence-corrected chi connectivity index (χ4v) is 4.63. The summed E-state index contributed by atoms with van der Waals surface area (Å²) < 4.78 is 28.9. The van der Waals surface area contributed by atoms with E-state index in [1.54, 1.807) is 12.1 Å². The predicted octanol–water partition coefficient (Wildman–Crippen LogP) is 7.34. The second-order valence-electron chi connectivity index (χ2n) is 8.33. The van der Waals surface area contributed by atoms with Gasteiger partial charge in [0.1, 0.15) is 5.75 Å². The molecule has 0 aliphatic heterocycles. The number of hydrogen-bond acceptors (Lipinski definition) is 1. The van der Waals surface area contributed by atoms with Crippen molar-refractivity contribution in [1.29, 1.82) is 0 Å². The summed E-state index contributed by atoms with van der Waals surface area (Å²) in [6.45, 7) is -0.460. The van der Waals surface area contributed by atoms with Crippen LogP contribution in [0.2, 0.25) is 0 Å². The van der Waals surface area contributed by atoms with Gasteiger partial charge in [-0.1, -0.05) is 43.4 Å². The molecule has 0 amide bonds. The van der Waals surface area contributed by atoms with Crippen molar-refractivity contribution >= 4 is 0 Å². The maximum Gasteiger partial charge on any atom is 0.387 e. The fraction of sp³-hybridized carbons (Fsp3) is 0.600. The highest BCUT2D eigenvalue weighted by atomic mass is 19.3. The Hall–Kier alpha value is -1.82. The van der Waals surface area contributed by atoms with Gasteiger partial charge >= 0.3 is 6.61 Å². The maximum atomic E-state index is 12.2. The topological polar surface area (TPSA) is 9.23 Å². The summed E-state index contributed by atoms with van der Waals surface area (Å²) in [5, 5.41) is 0. The third-order valence-electron chi connectivity index (χ3n) is 6.51. The van der Waals surface area contributed by atoms with Gasteiger partial charge in [0.15, 0.2) is 0 Å². The van der Waals surface area contributed by atoms with Crippen molar-refractivity contribution in [1.82, 2.24) is 0 Å². The molecule has 0 saturated heterocycles. The van der Waals surface area contributed by atoms with Gasteiger partial charge < -0.3 is 4.74 Å². The Morgan fingerprint density at radius 3 is 2.29 bits per heavy atom. The molecule has 2 aliphatic rings. The van der Waals surface area contributed by atoms with Crippen LogP contribution in [-0.4, -0.2) is 6.61 Å². The summed E-state index contributed by atoms with van der Waals surface area (Å²) in [4.78, 5) is 0. The normalized spacial score (nSPS) is 28.1. The number of allylic oxidation sites excluding steroid dienone is 2. The lowest BCUT2D eigenvalue weighted by molar-refractivity contribution is -0.0498. The van der Waals surface area contributed by atoms with Crippen LogP contribution in [0.15, 0.2) is 36.4 Å². The van der Waals surface area contributed by atoms with Crippen LogP contribution in [-0.2, 0) is 0 Å². The van der Waals surface area contributed by atoms with Crippen molar-refractivity contribution in [2.24, 2.45) is 17.8 Å². The number of rotatable bonds is 5. The van der Waals surface area contributed by atoms with Crippen molar-refractivity contribution in [2.75, 3.05) is 0 Å². The minimum atomic E-state index is -2.76. The van der Waals surface area contributed by atoms with Crippen LogP contribution in [0, 0.1) is 29.6 Å². The van der Waals surface area contributed by atoms with E-state index in [1.807, 2.05) is 12.1 Å². The van der Waals surface area contributed by atoms with Crippen LogP contribution in [0.1, 0.15) is 76.2 Å². The van der Waals surface area contributed by atoms with E-state index in [0.29, 0.717) is 11.8 Å². The van der Waals surface area contributed by atoms with Gasteiger partial charge in [0.2, 0.25) is 0 Å². The lowest BCUT2D eigenvalue weighted by Gasteiger charge is -2.26. The Kier molecular flexibility index (Phi) is 7.95. The molecule has 2 aliphatic carbocycles. The van der Waals surface area contributed by atoms with Crippen molar-refractivity contribution < 1.29 is 13.5 Å². The first kappa shape index (κ1) is 20.9. The molecule has 1 aromatic carbocycles. The lowest BCUT2D eigenvalue weighted by Crippen LogP contribution is -2.12. The van der Waals surface area contributed by atoms with Gasteiger partial charge in [0.05, 0.1) is 0 Å². The molecule has 3 heteroatoms. The summed E-state index contributed by atoms with van der Waals surface area (Å²) in [5.41, 5.74) is 1.22. The molecule has 0 atom stereocenters. The van der Waals surface area contributed by atoms with Crippen molar-refractivity contribution in [3.63, 3.8) is 0 Å². The molecule has 1 nitrogen and oxygen atoms in total. The minimum absolute atomic E-state index is 0.230. The van der Waals surface area contributed by atoms with E-state index in [2.05, 4.69) is 35.7 Å². The summed E-state index contributed by atoms with van der Waals surface area (Å²) in [6, 6.07) is 7.13. The molecule has 2 saturated carbocycles. The first-order valence-corrected chi connectivity index (χ1v) is 10.9. The molecule has 0 N–H and O–H groups in total. The fourth-order valence-electron chi connectivity index (χ4n) is 4.63. The number of alkyl halides is 2. The zero-order chi connectivity index (χ0) is 19.8.